The van der Waals surface area contributed by atoms with Crippen LogP contribution in [-0.4, -0.2) is 44.7 Å². The fraction of sp³-hybridized carbons (Fsp3) is 0.647. The van der Waals surface area contributed by atoms with Crippen LogP contribution in [0.5, 0.6) is 5.75 Å². The van der Waals surface area contributed by atoms with E-state index in [1.54, 1.807) is 7.11 Å². The van der Waals surface area contributed by atoms with Crippen molar-refractivity contribution in [3.63, 3.8) is 0 Å². The van der Waals surface area contributed by atoms with E-state index < -0.39 is 0 Å². The number of aryl methyl sites for hydroxylation is 1. The van der Waals surface area contributed by atoms with Crippen LogP contribution in [0, 0.1) is 13.8 Å². The van der Waals surface area contributed by atoms with Crippen molar-refractivity contribution in [2.24, 2.45) is 0 Å². The highest BCUT2D eigenvalue weighted by Crippen LogP contribution is 2.33. The van der Waals surface area contributed by atoms with Crippen molar-refractivity contribution in [2.75, 3.05) is 39.8 Å². The van der Waals surface area contributed by atoms with Crippen molar-refractivity contribution < 1.29 is 4.74 Å². The summed E-state index contributed by atoms with van der Waals surface area (Å²) in [6.45, 7) is 9.96. The van der Waals surface area contributed by atoms with Crippen molar-refractivity contribution >= 4 is 11.6 Å². The molecule has 1 aromatic rings. The Morgan fingerprint density at radius 3 is 2.62 bits per heavy atom. The minimum atomic E-state index is 0.852. The van der Waals surface area contributed by atoms with E-state index in [2.05, 4.69) is 24.1 Å². The standard InChI is InChI=1S/C17H27ClN2O/c1-13-12-16(18)14(2)15(17(13)21-3)6-4-5-9-20-10-7-19-8-11-20/h12,19H,4-11H2,1-3H3. The maximum Gasteiger partial charge on any atom is 0.125 e. The molecule has 4 heteroatoms. The van der Waals surface area contributed by atoms with Gasteiger partial charge in [-0.15, -0.1) is 0 Å². The fourth-order valence-electron chi connectivity index (χ4n) is 3.07. The third-order valence-electron chi connectivity index (χ3n) is 4.35. The Balaban J connectivity index is 1.90. The Morgan fingerprint density at radius 2 is 1.95 bits per heavy atom. The van der Waals surface area contributed by atoms with Crippen LogP contribution in [0.15, 0.2) is 6.07 Å². The normalized spacial score (nSPS) is 16.2. The van der Waals surface area contributed by atoms with Crippen LogP contribution in [-0.2, 0) is 6.42 Å². The third-order valence-corrected chi connectivity index (χ3v) is 4.74. The van der Waals surface area contributed by atoms with Crippen molar-refractivity contribution in [2.45, 2.75) is 33.1 Å². The second-order valence-corrected chi connectivity index (χ2v) is 6.27. The molecule has 2 rings (SSSR count). The first kappa shape index (κ1) is 16.6. The zero-order chi connectivity index (χ0) is 15.2. The van der Waals surface area contributed by atoms with Gasteiger partial charge in [-0.25, -0.2) is 0 Å². The van der Waals surface area contributed by atoms with E-state index in [0.29, 0.717) is 0 Å². The van der Waals surface area contributed by atoms with E-state index in [1.165, 1.54) is 43.6 Å². The molecule has 0 aliphatic carbocycles. The molecule has 0 saturated carbocycles. The quantitative estimate of drug-likeness (QED) is 0.817. The number of unbranched alkanes of at least 4 members (excludes halogenated alkanes) is 1. The molecule has 1 aliphatic rings. The molecule has 0 radical (unpaired) electrons. The summed E-state index contributed by atoms with van der Waals surface area (Å²) in [5.74, 6) is 1.01. The average molecular weight is 311 g/mol. The molecule has 3 nitrogen and oxygen atoms in total. The van der Waals surface area contributed by atoms with Gasteiger partial charge < -0.3 is 15.0 Å². The number of rotatable bonds is 6. The maximum atomic E-state index is 6.31. The number of piperazine rings is 1. The highest BCUT2D eigenvalue weighted by Gasteiger charge is 2.13. The molecule has 1 N–H and O–H groups in total. The molecule has 1 heterocycles. The van der Waals surface area contributed by atoms with Gasteiger partial charge in [-0.1, -0.05) is 11.6 Å². The largest absolute Gasteiger partial charge is 0.496 e. The van der Waals surface area contributed by atoms with E-state index >= 15 is 0 Å². The number of benzene rings is 1. The lowest BCUT2D eigenvalue weighted by Gasteiger charge is -2.27. The lowest BCUT2D eigenvalue weighted by atomic mass is 9.98. The van der Waals surface area contributed by atoms with E-state index in [0.717, 1.165) is 35.8 Å². The smallest absolute Gasteiger partial charge is 0.125 e. The highest BCUT2D eigenvalue weighted by molar-refractivity contribution is 6.31. The Kier molecular flexibility index (Phi) is 6.34. The van der Waals surface area contributed by atoms with Crippen LogP contribution in [0.3, 0.4) is 0 Å². The summed E-state index contributed by atoms with van der Waals surface area (Å²) >= 11 is 6.31. The first-order valence-corrected chi connectivity index (χ1v) is 8.27. The lowest BCUT2D eigenvalue weighted by molar-refractivity contribution is 0.236. The molecule has 1 fully saturated rings. The lowest BCUT2D eigenvalue weighted by Crippen LogP contribution is -2.43. The number of halogens is 1. The Morgan fingerprint density at radius 1 is 1.24 bits per heavy atom. The molecule has 0 aromatic heterocycles. The van der Waals surface area contributed by atoms with Crippen molar-refractivity contribution in [3.05, 3.63) is 27.8 Å². The first-order valence-electron chi connectivity index (χ1n) is 7.89. The number of hydrogen-bond acceptors (Lipinski definition) is 3. The summed E-state index contributed by atoms with van der Waals surface area (Å²) < 4.78 is 5.58. The molecule has 0 spiro atoms. The Bertz CT molecular complexity index is 470. The predicted molar refractivity (Wildman–Crippen MR) is 89.7 cm³/mol. The molecule has 0 amide bonds. The van der Waals surface area contributed by atoms with Crippen LogP contribution in [0.25, 0.3) is 0 Å². The number of methoxy groups -OCH3 is 1. The van der Waals surface area contributed by atoms with Gasteiger partial charge in [-0.05, 0) is 62.4 Å². The molecule has 0 bridgehead atoms. The third kappa shape index (κ3) is 4.35. The van der Waals surface area contributed by atoms with Crippen LogP contribution in [0.4, 0.5) is 0 Å². The van der Waals surface area contributed by atoms with E-state index in [4.69, 9.17) is 16.3 Å². The SMILES string of the molecule is COc1c(C)cc(Cl)c(C)c1CCCCN1CCNCC1. The first-order chi connectivity index (χ1) is 10.1. The van der Waals surface area contributed by atoms with Gasteiger partial charge >= 0.3 is 0 Å². The molecule has 1 aliphatic heterocycles. The fourth-order valence-corrected chi connectivity index (χ4v) is 3.35. The second-order valence-electron chi connectivity index (χ2n) is 5.86. The van der Waals surface area contributed by atoms with E-state index in [9.17, 15) is 0 Å². The Labute approximate surface area is 133 Å². The number of hydrogen-bond donors (Lipinski definition) is 1. The van der Waals surface area contributed by atoms with Crippen LogP contribution >= 0.6 is 11.6 Å². The highest BCUT2D eigenvalue weighted by atomic mass is 35.5. The van der Waals surface area contributed by atoms with Gasteiger partial charge in [0.2, 0.25) is 0 Å². The molecule has 118 valence electrons. The topological polar surface area (TPSA) is 24.5 Å². The average Bonchev–Trinajstić information content (AvgIpc) is 2.49. The number of nitrogens with zero attached hydrogens (tertiary/aromatic N) is 1. The molecule has 1 saturated heterocycles. The van der Waals surface area contributed by atoms with Gasteiger partial charge in [0.25, 0.3) is 0 Å². The summed E-state index contributed by atoms with van der Waals surface area (Å²) in [4.78, 5) is 2.55. The van der Waals surface area contributed by atoms with Gasteiger partial charge in [0.05, 0.1) is 7.11 Å². The van der Waals surface area contributed by atoms with Crippen LogP contribution in [0.1, 0.15) is 29.5 Å². The van der Waals surface area contributed by atoms with Crippen molar-refractivity contribution in [1.82, 2.24) is 10.2 Å². The molecular weight excluding hydrogens is 284 g/mol. The molecule has 21 heavy (non-hydrogen) atoms. The monoisotopic (exact) mass is 310 g/mol. The van der Waals surface area contributed by atoms with E-state index in [-0.39, 0.29) is 0 Å². The van der Waals surface area contributed by atoms with E-state index in [1.807, 2.05) is 6.07 Å². The zero-order valence-corrected chi connectivity index (χ0v) is 14.2. The van der Waals surface area contributed by atoms with Gasteiger partial charge in [-0.2, -0.15) is 0 Å². The van der Waals surface area contributed by atoms with Crippen molar-refractivity contribution in [3.8, 4) is 5.75 Å². The second kappa shape index (κ2) is 8.02. The molecule has 0 atom stereocenters. The van der Waals surface area contributed by atoms with Crippen LogP contribution in [0.2, 0.25) is 5.02 Å². The molecular formula is C17H27ClN2O. The molecule has 0 unspecified atom stereocenters. The van der Waals surface area contributed by atoms with Gasteiger partial charge in [0, 0.05) is 31.2 Å². The van der Waals surface area contributed by atoms with Gasteiger partial charge in [-0.3, -0.25) is 0 Å². The maximum absolute atomic E-state index is 6.31. The summed E-state index contributed by atoms with van der Waals surface area (Å²) in [6.07, 6.45) is 3.46. The number of nitrogens with one attached hydrogen (secondary N) is 1. The zero-order valence-electron chi connectivity index (χ0n) is 13.5. The minimum absolute atomic E-state index is 0.852. The Hall–Kier alpha value is -0.770. The summed E-state index contributed by atoms with van der Waals surface area (Å²) in [6, 6.07) is 2.00. The van der Waals surface area contributed by atoms with Gasteiger partial charge in [0.15, 0.2) is 0 Å². The van der Waals surface area contributed by atoms with Gasteiger partial charge in [0.1, 0.15) is 5.75 Å². The number of ether oxygens (including phenoxy) is 1. The molecule has 1 aromatic carbocycles. The minimum Gasteiger partial charge on any atom is -0.496 e. The summed E-state index contributed by atoms with van der Waals surface area (Å²) in [7, 11) is 1.75. The summed E-state index contributed by atoms with van der Waals surface area (Å²) in [5, 5.41) is 4.25. The van der Waals surface area contributed by atoms with Crippen molar-refractivity contribution in [1.29, 1.82) is 0 Å². The predicted octanol–water partition coefficient (Wildman–Crippen LogP) is 3.19. The summed E-state index contributed by atoms with van der Waals surface area (Å²) in [5.41, 5.74) is 3.58. The van der Waals surface area contributed by atoms with Crippen LogP contribution < -0.4 is 10.1 Å².